The number of rotatable bonds is 9. The van der Waals surface area contributed by atoms with E-state index in [4.69, 9.17) is 4.74 Å². The highest BCUT2D eigenvalue weighted by Crippen LogP contribution is 2.47. The summed E-state index contributed by atoms with van der Waals surface area (Å²) in [7, 11) is 0. The topological polar surface area (TPSA) is 55.4 Å². The van der Waals surface area contributed by atoms with Crippen molar-refractivity contribution in [3.05, 3.63) is 49.2 Å². The molecule has 1 heterocycles. The number of hydrogen-bond donors (Lipinski definition) is 1. The van der Waals surface area contributed by atoms with Crippen LogP contribution in [0.2, 0.25) is 0 Å². The Morgan fingerprint density at radius 1 is 0.848 bits per heavy atom. The van der Waals surface area contributed by atoms with Gasteiger partial charge in [0.05, 0.1) is 15.6 Å². The van der Waals surface area contributed by atoms with Crippen LogP contribution >= 0.6 is 31.9 Å². The molecule has 0 aromatic heterocycles. The molecule has 178 valence electrons. The third-order valence-corrected chi connectivity index (χ3v) is 8.07. The van der Waals surface area contributed by atoms with E-state index in [-0.39, 0.29) is 17.5 Å². The van der Waals surface area contributed by atoms with Crippen molar-refractivity contribution < 1.29 is 14.3 Å². The lowest BCUT2D eigenvalue weighted by atomic mass is 9.71. The van der Waals surface area contributed by atoms with Gasteiger partial charge in [-0.2, -0.15) is 0 Å². The summed E-state index contributed by atoms with van der Waals surface area (Å²) in [5.41, 5.74) is 4.57. The predicted molar refractivity (Wildman–Crippen MR) is 138 cm³/mol. The van der Waals surface area contributed by atoms with Crippen LogP contribution in [0.15, 0.2) is 43.6 Å². The average molecular weight is 579 g/mol. The molecular formula is C27H33Br2NO3. The lowest BCUT2D eigenvalue weighted by molar-refractivity contribution is -0.116. The van der Waals surface area contributed by atoms with Crippen LogP contribution in [-0.2, 0) is 9.59 Å². The first-order valence-corrected chi connectivity index (χ1v) is 14.0. The zero-order valence-corrected chi connectivity index (χ0v) is 22.6. The number of carbonyl (C=O) groups excluding carboxylic acids is 2. The first-order valence-electron chi connectivity index (χ1n) is 12.4. The van der Waals surface area contributed by atoms with Crippen molar-refractivity contribution in [2.24, 2.45) is 0 Å². The number of halogens is 2. The number of dihydropyridines is 1. The molecule has 3 aliphatic rings. The van der Waals surface area contributed by atoms with Crippen molar-refractivity contribution in [1.82, 2.24) is 5.32 Å². The maximum atomic E-state index is 13.0. The summed E-state index contributed by atoms with van der Waals surface area (Å²) in [6, 6.07) is 4.08. The summed E-state index contributed by atoms with van der Waals surface area (Å²) in [5.74, 6) is 0.815. The van der Waals surface area contributed by atoms with E-state index in [1.807, 2.05) is 12.1 Å². The minimum Gasteiger partial charge on any atom is -0.491 e. The van der Waals surface area contributed by atoms with Crippen LogP contribution in [0.5, 0.6) is 5.75 Å². The highest BCUT2D eigenvalue weighted by molar-refractivity contribution is 9.11. The Hall–Kier alpha value is -1.40. The number of carbonyl (C=O) groups is 2. The third-order valence-electron chi connectivity index (χ3n) is 6.89. The fourth-order valence-electron chi connectivity index (χ4n) is 5.26. The number of hydrogen-bond acceptors (Lipinski definition) is 4. The Morgan fingerprint density at radius 3 is 1.97 bits per heavy atom. The van der Waals surface area contributed by atoms with Gasteiger partial charge in [0.15, 0.2) is 11.6 Å². The van der Waals surface area contributed by atoms with Gasteiger partial charge in [0.2, 0.25) is 0 Å². The SMILES string of the molecule is CCCCCCCCOc1c(Br)cc(C2C3=C(CCCC3=O)NC3=C2C(=O)CCC3)cc1Br. The average Bonchev–Trinajstić information content (AvgIpc) is 2.79. The van der Waals surface area contributed by atoms with Crippen LogP contribution in [0.4, 0.5) is 0 Å². The molecule has 33 heavy (non-hydrogen) atoms. The molecule has 1 aliphatic heterocycles. The molecular weight excluding hydrogens is 546 g/mol. The zero-order valence-electron chi connectivity index (χ0n) is 19.4. The van der Waals surface area contributed by atoms with E-state index in [1.165, 1.54) is 32.1 Å². The van der Waals surface area contributed by atoms with E-state index < -0.39 is 0 Å². The van der Waals surface area contributed by atoms with Crippen molar-refractivity contribution in [3.63, 3.8) is 0 Å². The fourth-order valence-corrected chi connectivity index (χ4v) is 6.71. The molecule has 1 N–H and O–H groups in total. The number of allylic oxidation sites excluding steroid dienone is 4. The molecule has 0 amide bonds. The molecule has 1 aromatic carbocycles. The van der Waals surface area contributed by atoms with Gasteiger partial charge in [0.25, 0.3) is 0 Å². The van der Waals surface area contributed by atoms with Crippen LogP contribution in [0, 0.1) is 0 Å². The molecule has 0 saturated heterocycles. The van der Waals surface area contributed by atoms with E-state index >= 15 is 0 Å². The van der Waals surface area contributed by atoms with Gasteiger partial charge in [0, 0.05) is 41.3 Å². The van der Waals surface area contributed by atoms with E-state index in [1.54, 1.807) is 0 Å². The van der Waals surface area contributed by atoms with Crippen molar-refractivity contribution in [1.29, 1.82) is 0 Å². The zero-order chi connectivity index (χ0) is 23.4. The van der Waals surface area contributed by atoms with Gasteiger partial charge in [-0.3, -0.25) is 9.59 Å². The Labute approximate surface area is 213 Å². The van der Waals surface area contributed by atoms with Gasteiger partial charge < -0.3 is 10.1 Å². The van der Waals surface area contributed by atoms with Gasteiger partial charge in [0.1, 0.15) is 5.75 Å². The first kappa shape index (κ1) is 24.7. The summed E-state index contributed by atoms with van der Waals surface area (Å²) >= 11 is 7.40. The predicted octanol–water partition coefficient (Wildman–Crippen LogP) is 7.65. The maximum absolute atomic E-state index is 13.0. The minimum absolute atomic E-state index is 0.161. The molecule has 1 aromatic rings. The van der Waals surface area contributed by atoms with E-state index in [9.17, 15) is 9.59 Å². The molecule has 0 atom stereocenters. The monoisotopic (exact) mass is 577 g/mol. The number of unbranched alkanes of at least 4 members (excludes halogenated alkanes) is 5. The molecule has 0 fully saturated rings. The van der Waals surface area contributed by atoms with Gasteiger partial charge in [-0.25, -0.2) is 0 Å². The normalized spacial score (nSPS) is 18.9. The van der Waals surface area contributed by atoms with Gasteiger partial charge >= 0.3 is 0 Å². The molecule has 2 aliphatic carbocycles. The summed E-state index contributed by atoms with van der Waals surface area (Å²) in [5, 5.41) is 3.48. The minimum atomic E-state index is -0.294. The summed E-state index contributed by atoms with van der Waals surface area (Å²) in [6.07, 6.45) is 11.9. The molecule has 0 unspecified atom stereocenters. The highest BCUT2D eigenvalue weighted by atomic mass is 79.9. The standard InChI is InChI=1S/C27H33Br2NO3/c1-2-3-4-5-6-7-14-33-27-18(28)15-17(16-19(27)29)24-25-20(10-8-12-22(25)31)30-21-11-9-13-23(32)26(21)24/h15-16,24,30H,2-14H2,1H3. The molecule has 4 rings (SSSR count). The second-order valence-electron chi connectivity index (χ2n) is 9.33. The van der Waals surface area contributed by atoms with Crippen molar-refractivity contribution in [2.75, 3.05) is 6.61 Å². The summed E-state index contributed by atoms with van der Waals surface area (Å²) in [4.78, 5) is 26.0. The van der Waals surface area contributed by atoms with E-state index in [2.05, 4.69) is 44.1 Å². The Balaban J connectivity index is 1.58. The second-order valence-corrected chi connectivity index (χ2v) is 11.0. The van der Waals surface area contributed by atoms with Crippen LogP contribution in [0.25, 0.3) is 0 Å². The quantitative estimate of drug-likeness (QED) is 0.306. The van der Waals surface area contributed by atoms with Crippen LogP contribution in [-0.4, -0.2) is 18.2 Å². The Morgan fingerprint density at radius 2 is 1.39 bits per heavy atom. The van der Waals surface area contributed by atoms with Gasteiger partial charge in [-0.1, -0.05) is 39.0 Å². The summed E-state index contributed by atoms with van der Waals surface area (Å²) in [6.45, 7) is 2.91. The number of ketones is 2. The third kappa shape index (κ3) is 5.48. The highest BCUT2D eigenvalue weighted by Gasteiger charge is 2.40. The molecule has 0 radical (unpaired) electrons. The van der Waals surface area contributed by atoms with Crippen molar-refractivity contribution >= 4 is 43.4 Å². The largest absolute Gasteiger partial charge is 0.491 e. The van der Waals surface area contributed by atoms with Crippen LogP contribution in [0.1, 0.15) is 95.5 Å². The van der Waals surface area contributed by atoms with E-state index in [0.29, 0.717) is 19.4 Å². The molecule has 0 saturated carbocycles. The van der Waals surface area contributed by atoms with Crippen molar-refractivity contribution in [2.45, 2.75) is 89.9 Å². The molecule has 6 heteroatoms. The van der Waals surface area contributed by atoms with Crippen LogP contribution in [0.3, 0.4) is 0 Å². The number of benzene rings is 1. The lowest BCUT2D eigenvalue weighted by Crippen LogP contribution is -2.36. The number of ether oxygens (including phenoxy) is 1. The summed E-state index contributed by atoms with van der Waals surface area (Å²) < 4.78 is 7.82. The second kappa shape index (κ2) is 11.4. The van der Waals surface area contributed by atoms with Gasteiger partial charge in [-0.05, 0) is 81.7 Å². The molecule has 4 nitrogen and oxygen atoms in total. The molecule has 0 bridgehead atoms. The number of Topliss-reactive ketones (excluding diaryl/α,β-unsaturated/α-hetero) is 2. The molecule has 0 spiro atoms. The Kier molecular flexibility index (Phi) is 8.50. The van der Waals surface area contributed by atoms with E-state index in [0.717, 1.165) is 74.9 Å². The smallest absolute Gasteiger partial charge is 0.161 e. The lowest BCUT2D eigenvalue weighted by Gasteiger charge is -2.37. The van der Waals surface area contributed by atoms with Crippen LogP contribution < -0.4 is 10.1 Å². The van der Waals surface area contributed by atoms with Gasteiger partial charge in [-0.15, -0.1) is 0 Å². The number of nitrogens with one attached hydrogen (secondary N) is 1. The Bertz CT molecular complexity index is 930. The fraction of sp³-hybridized carbons (Fsp3) is 0.556. The maximum Gasteiger partial charge on any atom is 0.161 e. The first-order chi connectivity index (χ1) is 16.0. The van der Waals surface area contributed by atoms with Crippen molar-refractivity contribution in [3.8, 4) is 5.75 Å².